The van der Waals surface area contributed by atoms with Gasteiger partial charge in [-0.2, -0.15) is 4.98 Å². The predicted molar refractivity (Wildman–Crippen MR) is 89.0 cm³/mol. The number of nitrogens with zero attached hydrogens (tertiary/aromatic N) is 2. The summed E-state index contributed by atoms with van der Waals surface area (Å²) in [5.74, 6) is -0.573. The van der Waals surface area contributed by atoms with E-state index in [4.69, 9.17) is 27.9 Å². The van der Waals surface area contributed by atoms with Crippen molar-refractivity contribution in [2.45, 2.75) is 9.92 Å². The fourth-order valence-electron chi connectivity index (χ4n) is 1.62. The average Bonchev–Trinajstić information content (AvgIpc) is 2.45. The summed E-state index contributed by atoms with van der Waals surface area (Å²) in [6.45, 7) is 0. The lowest BCUT2D eigenvalue weighted by molar-refractivity contribution is 0.394. The first-order valence-electron chi connectivity index (χ1n) is 6.13. The van der Waals surface area contributed by atoms with E-state index < -0.39 is 19.9 Å². The number of rotatable bonds is 5. The second kappa shape index (κ2) is 6.71. The Hall–Kier alpha value is -1.62. The molecule has 0 saturated carbocycles. The highest BCUT2D eigenvalue weighted by molar-refractivity contribution is 7.92. The molecule has 24 heavy (non-hydrogen) atoms. The van der Waals surface area contributed by atoms with Crippen LogP contribution in [0.1, 0.15) is 0 Å². The van der Waals surface area contributed by atoms with Crippen LogP contribution in [0, 0.1) is 0 Å². The minimum absolute atomic E-state index is 0.133. The van der Waals surface area contributed by atoms with E-state index in [-0.39, 0.29) is 31.7 Å². The first-order chi connectivity index (χ1) is 11.0. The van der Waals surface area contributed by atoms with E-state index in [1.807, 2.05) is 0 Å². The van der Waals surface area contributed by atoms with Crippen molar-refractivity contribution < 1.29 is 21.6 Å². The number of halogens is 2. The summed E-state index contributed by atoms with van der Waals surface area (Å²) in [4.78, 5) is 7.27. The summed E-state index contributed by atoms with van der Waals surface area (Å²) < 4.78 is 54.7. The van der Waals surface area contributed by atoms with E-state index in [0.29, 0.717) is 0 Å². The smallest absolute Gasteiger partial charge is 0.263 e. The molecule has 8 nitrogen and oxygen atoms in total. The number of sulfone groups is 1. The van der Waals surface area contributed by atoms with Crippen LogP contribution < -0.4 is 9.46 Å². The zero-order valence-electron chi connectivity index (χ0n) is 12.3. The van der Waals surface area contributed by atoms with Crippen molar-refractivity contribution in [3.8, 4) is 5.88 Å². The van der Waals surface area contributed by atoms with Gasteiger partial charge in [-0.15, -0.1) is 0 Å². The highest BCUT2D eigenvalue weighted by Crippen LogP contribution is 2.26. The minimum atomic E-state index is -4.09. The van der Waals surface area contributed by atoms with Crippen molar-refractivity contribution >= 4 is 48.9 Å². The Labute approximate surface area is 148 Å². The topological polar surface area (TPSA) is 115 Å². The molecule has 2 aromatic rings. The Bertz CT molecular complexity index is 973. The third-order valence-corrected chi connectivity index (χ3v) is 5.38. The third kappa shape index (κ3) is 4.26. The van der Waals surface area contributed by atoms with Crippen molar-refractivity contribution in [1.82, 2.24) is 9.97 Å². The largest absolute Gasteiger partial charge is 0.478 e. The van der Waals surface area contributed by atoms with E-state index in [9.17, 15) is 16.8 Å². The number of sulfonamides is 1. The van der Waals surface area contributed by atoms with E-state index in [2.05, 4.69) is 14.7 Å². The van der Waals surface area contributed by atoms with Crippen molar-refractivity contribution in [2.24, 2.45) is 0 Å². The first-order valence-corrected chi connectivity index (χ1v) is 10.3. The number of aromatic nitrogens is 2. The third-order valence-electron chi connectivity index (χ3n) is 2.67. The van der Waals surface area contributed by atoms with Crippen molar-refractivity contribution in [3.05, 3.63) is 34.4 Å². The van der Waals surface area contributed by atoms with Crippen LogP contribution in [0.5, 0.6) is 5.88 Å². The Kier molecular flexibility index (Phi) is 5.23. The average molecular weight is 412 g/mol. The molecule has 0 radical (unpaired) electrons. The lowest BCUT2D eigenvalue weighted by Crippen LogP contribution is -2.16. The number of benzene rings is 1. The summed E-state index contributed by atoms with van der Waals surface area (Å²) in [7, 11) is -6.52. The van der Waals surface area contributed by atoms with Gasteiger partial charge in [0.1, 0.15) is 0 Å². The van der Waals surface area contributed by atoms with Gasteiger partial charge in [-0.25, -0.2) is 21.8 Å². The van der Waals surface area contributed by atoms with Gasteiger partial charge in [-0.05, 0) is 18.2 Å². The van der Waals surface area contributed by atoms with E-state index in [1.165, 1.54) is 25.3 Å². The van der Waals surface area contributed by atoms with Crippen LogP contribution in [0.2, 0.25) is 10.0 Å². The van der Waals surface area contributed by atoms with Crippen LogP contribution >= 0.6 is 23.2 Å². The summed E-state index contributed by atoms with van der Waals surface area (Å²) in [5.41, 5.74) is 0. The van der Waals surface area contributed by atoms with Gasteiger partial charge in [0.15, 0.2) is 14.9 Å². The van der Waals surface area contributed by atoms with Crippen LogP contribution in [0.3, 0.4) is 0 Å². The maximum atomic E-state index is 12.4. The molecule has 0 aliphatic heterocycles. The molecule has 0 aliphatic rings. The molecule has 0 saturated heterocycles. The van der Waals surface area contributed by atoms with Crippen LogP contribution in [-0.4, -0.2) is 40.2 Å². The number of hydrogen-bond donors (Lipinski definition) is 1. The minimum Gasteiger partial charge on any atom is -0.478 e. The molecule has 0 bridgehead atoms. The second-order valence-electron chi connectivity index (χ2n) is 4.55. The first kappa shape index (κ1) is 18.7. The van der Waals surface area contributed by atoms with Crippen LogP contribution in [-0.2, 0) is 19.9 Å². The van der Waals surface area contributed by atoms with Crippen LogP contribution in [0.15, 0.2) is 34.3 Å². The highest BCUT2D eigenvalue weighted by Gasteiger charge is 2.21. The monoisotopic (exact) mass is 411 g/mol. The molecule has 130 valence electrons. The molecule has 0 aliphatic carbocycles. The van der Waals surface area contributed by atoms with Crippen molar-refractivity contribution in [1.29, 1.82) is 0 Å². The number of hydrogen-bond acceptors (Lipinski definition) is 7. The van der Waals surface area contributed by atoms with Crippen LogP contribution in [0.4, 0.5) is 5.82 Å². The zero-order chi connectivity index (χ0) is 18.1. The fraction of sp³-hybridized carbons (Fsp3) is 0.167. The normalized spacial score (nSPS) is 12.0. The molecule has 2 rings (SSSR count). The van der Waals surface area contributed by atoms with Gasteiger partial charge in [0.25, 0.3) is 15.9 Å². The lowest BCUT2D eigenvalue weighted by Gasteiger charge is -2.11. The van der Waals surface area contributed by atoms with Crippen molar-refractivity contribution in [2.75, 3.05) is 18.1 Å². The molecule has 1 aromatic carbocycles. The van der Waals surface area contributed by atoms with Gasteiger partial charge in [0.05, 0.1) is 18.2 Å². The molecule has 0 spiro atoms. The Balaban J connectivity index is 2.46. The van der Waals surface area contributed by atoms with Gasteiger partial charge < -0.3 is 4.74 Å². The summed E-state index contributed by atoms with van der Waals surface area (Å²) in [5, 5.41) is -0.0882. The quantitative estimate of drug-likeness (QED) is 0.799. The Morgan fingerprint density at radius 1 is 1.08 bits per heavy atom. The van der Waals surface area contributed by atoms with Gasteiger partial charge in [-0.3, -0.25) is 4.72 Å². The van der Waals surface area contributed by atoms with Gasteiger partial charge in [-0.1, -0.05) is 23.2 Å². The number of anilines is 1. The summed E-state index contributed by atoms with van der Waals surface area (Å²) >= 11 is 11.6. The van der Waals surface area contributed by atoms with Gasteiger partial charge in [0.2, 0.25) is 5.82 Å². The van der Waals surface area contributed by atoms with Crippen molar-refractivity contribution in [3.63, 3.8) is 0 Å². The molecule has 0 fully saturated rings. The fourth-order valence-corrected chi connectivity index (χ4v) is 3.84. The summed E-state index contributed by atoms with van der Waals surface area (Å²) in [6.07, 6.45) is 1.86. The Morgan fingerprint density at radius 2 is 1.67 bits per heavy atom. The summed E-state index contributed by atoms with van der Waals surface area (Å²) in [6, 6.07) is 3.77. The maximum Gasteiger partial charge on any atom is 0.263 e. The van der Waals surface area contributed by atoms with Crippen LogP contribution in [0.25, 0.3) is 0 Å². The maximum absolute atomic E-state index is 12.4. The number of methoxy groups -OCH3 is 1. The molecular formula is C12H11Cl2N3O5S2. The molecule has 12 heteroatoms. The molecule has 1 aromatic heterocycles. The molecule has 0 atom stereocenters. The lowest BCUT2D eigenvalue weighted by atomic mass is 10.4. The number of nitrogens with one attached hydrogen (secondary N) is 1. The SMILES string of the molecule is COc1nc(S(C)(=O)=O)cnc1NS(=O)(=O)c1cc(Cl)cc(Cl)c1. The predicted octanol–water partition coefficient (Wildman–Crippen LogP) is 2.00. The molecule has 1 N–H and O–H groups in total. The Morgan fingerprint density at radius 3 is 2.17 bits per heavy atom. The standard InChI is InChI=1S/C12H11Cl2N3O5S2/c1-22-12-11(15-6-10(16-12)23(2,18)19)17-24(20,21)9-4-7(13)3-8(14)5-9/h3-6H,1-2H3,(H,15,17). The van der Waals surface area contributed by atoms with Gasteiger partial charge in [0, 0.05) is 16.3 Å². The van der Waals surface area contributed by atoms with E-state index in [0.717, 1.165) is 12.5 Å². The molecule has 0 amide bonds. The molecule has 1 heterocycles. The number of ether oxygens (including phenoxy) is 1. The highest BCUT2D eigenvalue weighted by atomic mass is 35.5. The molecular weight excluding hydrogens is 401 g/mol. The van der Waals surface area contributed by atoms with Gasteiger partial charge >= 0.3 is 0 Å². The van der Waals surface area contributed by atoms with E-state index >= 15 is 0 Å². The molecule has 0 unspecified atom stereocenters. The second-order valence-corrected chi connectivity index (χ2v) is 9.07. The zero-order valence-corrected chi connectivity index (χ0v) is 15.5. The van der Waals surface area contributed by atoms with E-state index in [1.54, 1.807) is 0 Å².